The van der Waals surface area contributed by atoms with Crippen LogP contribution in [0.15, 0.2) is 12.7 Å². The molecule has 0 aromatic rings. The molecule has 6 heteroatoms. The zero-order valence-corrected chi connectivity index (χ0v) is 10.4. The first kappa shape index (κ1) is 15.4. The zero-order chi connectivity index (χ0) is 12.1. The summed E-state index contributed by atoms with van der Waals surface area (Å²) in [5.41, 5.74) is 0. The lowest BCUT2D eigenvalue weighted by atomic mass is 10.5. The van der Waals surface area contributed by atoms with E-state index in [1.165, 1.54) is 18.1 Å². The van der Waals surface area contributed by atoms with E-state index in [2.05, 4.69) is 11.9 Å². The van der Waals surface area contributed by atoms with Gasteiger partial charge in [0.2, 0.25) is 5.91 Å². The molecular weight excluding hydrogens is 230 g/mol. The van der Waals surface area contributed by atoms with Crippen molar-refractivity contribution in [3.63, 3.8) is 0 Å². The van der Waals surface area contributed by atoms with Crippen molar-refractivity contribution < 1.29 is 18.5 Å². The summed E-state index contributed by atoms with van der Waals surface area (Å²) in [5, 5.41) is 2.61. The zero-order valence-electron chi connectivity index (χ0n) is 9.57. The van der Waals surface area contributed by atoms with Crippen molar-refractivity contribution in [3.05, 3.63) is 12.7 Å². The highest BCUT2D eigenvalue weighted by Crippen LogP contribution is 1.92. The lowest BCUT2D eigenvalue weighted by molar-refractivity contribution is -0.116. The van der Waals surface area contributed by atoms with E-state index < -0.39 is 0 Å². The summed E-state index contributed by atoms with van der Waals surface area (Å²) in [4.78, 5) is 10.7. The van der Waals surface area contributed by atoms with E-state index in [9.17, 15) is 4.79 Å². The van der Waals surface area contributed by atoms with Gasteiger partial charge in [-0.15, -0.1) is 0 Å². The Morgan fingerprint density at radius 3 is 2.50 bits per heavy atom. The van der Waals surface area contributed by atoms with E-state index in [4.69, 9.17) is 13.7 Å². The molecule has 0 aromatic heterocycles. The minimum Gasteiger partial charge on any atom is -0.377 e. The number of carbonyl (C=O) groups excluding carboxylic acids is 1. The summed E-state index contributed by atoms with van der Waals surface area (Å²) in [5.74, 6) is -0.186. The van der Waals surface area contributed by atoms with Crippen molar-refractivity contribution in [1.29, 1.82) is 0 Å². The predicted molar refractivity (Wildman–Crippen MR) is 64.3 cm³/mol. The van der Waals surface area contributed by atoms with E-state index >= 15 is 0 Å². The van der Waals surface area contributed by atoms with Crippen LogP contribution < -0.4 is 5.32 Å². The van der Waals surface area contributed by atoms with Crippen LogP contribution in [0, 0.1) is 0 Å². The maximum absolute atomic E-state index is 10.7. The monoisotopic (exact) mass is 249 g/mol. The first-order valence-corrected chi connectivity index (χ1v) is 6.17. The number of amides is 1. The molecule has 0 radical (unpaired) electrons. The van der Waals surface area contributed by atoms with Gasteiger partial charge < -0.3 is 19.0 Å². The third kappa shape index (κ3) is 11.5. The van der Waals surface area contributed by atoms with E-state index in [1.54, 1.807) is 0 Å². The summed E-state index contributed by atoms with van der Waals surface area (Å²) in [6.07, 6.45) is 3.09. The van der Waals surface area contributed by atoms with Crippen molar-refractivity contribution in [2.75, 3.05) is 45.8 Å². The molecule has 0 unspecified atom stereocenters. The minimum absolute atomic E-state index is 0.186. The van der Waals surface area contributed by atoms with Crippen molar-refractivity contribution in [1.82, 2.24) is 5.32 Å². The third-order valence-corrected chi connectivity index (χ3v) is 1.93. The van der Waals surface area contributed by atoms with Gasteiger partial charge >= 0.3 is 0 Å². The highest BCUT2D eigenvalue weighted by molar-refractivity contribution is 7.93. The van der Waals surface area contributed by atoms with Gasteiger partial charge in [0.05, 0.1) is 33.0 Å². The smallest absolute Gasteiger partial charge is 0.243 e. The molecular formula is C10H19NO4S. The van der Waals surface area contributed by atoms with Crippen LogP contribution in [-0.4, -0.2) is 51.7 Å². The van der Waals surface area contributed by atoms with Gasteiger partial charge in [0.15, 0.2) is 0 Å². The second-order valence-corrected chi connectivity index (χ2v) is 3.28. The molecule has 16 heavy (non-hydrogen) atoms. The molecule has 0 fully saturated rings. The SMILES string of the molecule is C=CC(=O)NCCOCCOCCOSC. The first-order chi connectivity index (χ1) is 7.81. The molecule has 1 amide bonds. The van der Waals surface area contributed by atoms with Crippen LogP contribution in [0.1, 0.15) is 0 Å². The van der Waals surface area contributed by atoms with Gasteiger partial charge in [0, 0.05) is 12.8 Å². The molecule has 0 aliphatic rings. The van der Waals surface area contributed by atoms with Gasteiger partial charge in [-0.3, -0.25) is 4.79 Å². The van der Waals surface area contributed by atoms with Gasteiger partial charge in [-0.2, -0.15) is 0 Å². The molecule has 94 valence electrons. The summed E-state index contributed by atoms with van der Waals surface area (Å²) in [7, 11) is 0. The molecule has 0 spiro atoms. The first-order valence-electron chi connectivity index (χ1n) is 5.02. The van der Waals surface area contributed by atoms with E-state index in [-0.39, 0.29) is 5.91 Å². The molecule has 0 bridgehead atoms. The third-order valence-electron chi connectivity index (χ3n) is 1.53. The van der Waals surface area contributed by atoms with Gasteiger partial charge in [0.25, 0.3) is 0 Å². The highest BCUT2D eigenvalue weighted by Gasteiger charge is 1.93. The number of rotatable bonds is 11. The van der Waals surface area contributed by atoms with Crippen LogP contribution >= 0.6 is 12.0 Å². The maximum Gasteiger partial charge on any atom is 0.243 e. The van der Waals surface area contributed by atoms with Gasteiger partial charge in [-0.25, -0.2) is 0 Å². The Hall–Kier alpha value is -0.560. The molecule has 1 N–H and O–H groups in total. The number of ether oxygens (including phenoxy) is 2. The Labute approximate surface area is 101 Å². The fraction of sp³-hybridized carbons (Fsp3) is 0.700. The Bertz CT molecular complexity index is 190. The number of hydrogen-bond donors (Lipinski definition) is 1. The molecule has 0 aliphatic heterocycles. The van der Waals surface area contributed by atoms with Crippen molar-refractivity contribution in [2.45, 2.75) is 0 Å². The summed E-state index contributed by atoms with van der Waals surface area (Å²) < 4.78 is 15.4. The van der Waals surface area contributed by atoms with E-state index in [0.29, 0.717) is 39.6 Å². The molecule has 0 heterocycles. The van der Waals surface area contributed by atoms with Crippen molar-refractivity contribution in [3.8, 4) is 0 Å². The molecule has 0 rings (SSSR count). The van der Waals surface area contributed by atoms with Crippen molar-refractivity contribution in [2.24, 2.45) is 0 Å². The van der Waals surface area contributed by atoms with Crippen LogP contribution in [0.4, 0.5) is 0 Å². The Kier molecular flexibility index (Phi) is 12.1. The van der Waals surface area contributed by atoms with Crippen LogP contribution in [0.5, 0.6) is 0 Å². The van der Waals surface area contributed by atoms with Crippen LogP contribution in [0.25, 0.3) is 0 Å². The van der Waals surface area contributed by atoms with E-state index in [0.717, 1.165) is 0 Å². The van der Waals surface area contributed by atoms with Crippen LogP contribution in [0.3, 0.4) is 0 Å². The summed E-state index contributed by atoms with van der Waals surface area (Å²) in [6.45, 7) is 6.50. The van der Waals surface area contributed by atoms with Crippen molar-refractivity contribution >= 4 is 17.9 Å². The average Bonchev–Trinajstić information content (AvgIpc) is 2.31. The Balaban J connectivity index is 2.98. The second kappa shape index (κ2) is 12.5. The molecule has 5 nitrogen and oxygen atoms in total. The summed E-state index contributed by atoms with van der Waals surface area (Å²) in [6, 6.07) is 0. The quantitative estimate of drug-likeness (QED) is 0.330. The Morgan fingerprint density at radius 1 is 1.25 bits per heavy atom. The van der Waals surface area contributed by atoms with Gasteiger partial charge in [0.1, 0.15) is 0 Å². The largest absolute Gasteiger partial charge is 0.377 e. The van der Waals surface area contributed by atoms with Crippen LogP contribution in [0.2, 0.25) is 0 Å². The molecule has 0 saturated heterocycles. The number of hydrogen-bond acceptors (Lipinski definition) is 5. The maximum atomic E-state index is 10.7. The number of carbonyl (C=O) groups is 1. The van der Waals surface area contributed by atoms with E-state index in [1.807, 2.05) is 6.26 Å². The second-order valence-electron chi connectivity index (χ2n) is 2.71. The molecule has 0 aliphatic carbocycles. The fourth-order valence-corrected chi connectivity index (χ4v) is 1.05. The normalized spacial score (nSPS) is 10.1. The standard InChI is InChI=1S/C10H19NO4S/c1-3-10(12)11-4-5-13-6-7-14-8-9-15-16-2/h3H,1,4-9H2,2H3,(H,11,12). The van der Waals surface area contributed by atoms with Gasteiger partial charge in [-0.05, 0) is 18.1 Å². The highest BCUT2D eigenvalue weighted by atomic mass is 32.2. The summed E-state index contributed by atoms with van der Waals surface area (Å²) >= 11 is 1.32. The lowest BCUT2D eigenvalue weighted by Gasteiger charge is -2.05. The Morgan fingerprint density at radius 2 is 1.88 bits per heavy atom. The lowest BCUT2D eigenvalue weighted by Crippen LogP contribution is -2.25. The topological polar surface area (TPSA) is 56.8 Å². The molecule has 0 aromatic carbocycles. The van der Waals surface area contributed by atoms with Gasteiger partial charge in [-0.1, -0.05) is 6.58 Å². The minimum atomic E-state index is -0.186. The molecule has 0 saturated carbocycles. The average molecular weight is 249 g/mol. The molecule has 0 atom stereocenters. The fourth-order valence-electron chi connectivity index (χ4n) is 0.817. The number of nitrogens with one attached hydrogen (secondary N) is 1. The predicted octanol–water partition coefficient (Wildman–Crippen LogP) is 0.616. The van der Waals surface area contributed by atoms with Crippen LogP contribution in [-0.2, 0) is 18.5 Å².